The van der Waals surface area contributed by atoms with Crippen molar-refractivity contribution >= 4 is 5.97 Å². The van der Waals surface area contributed by atoms with Gasteiger partial charge in [0.1, 0.15) is 30.5 Å². The lowest BCUT2D eigenvalue weighted by Crippen LogP contribution is -2.59. The van der Waals surface area contributed by atoms with Gasteiger partial charge in [0, 0.05) is 6.42 Å². The Morgan fingerprint density at radius 3 is 2.24 bits per heavy atom. The fraction of sp³-hybridized carbons (Fsp3) is 0.720. The predicted molar refractivity (Wildman–Crippen MR) is 127 cm³/mol. The van der Waals surface area contributed by atoms with Gasteiger partial charge in [0.05, 0.1) is 19.8 Å². The highest BCUT2D eigenvalue weighted by molar-refractivity contribution is 5.69. The molecule has 0 spiro atoms. The predicted octanol–water partition coefficient (Wildman–Crippen LogP) is 1.52. The molecule has 0 bridgehead atoms. The van der Waals surface area contributed by atoms with E-state index >= 15 is 0 Å². The van der Waals surface area contributed by atoms with Crippen LogP contribution >= 0.6 is 0 Å². The van der Waals surface area contributed by atoms with Gasteiger partial charge in [-0.1, -0.05) is 49.8 Å². The molecule has 1 heterocycles. The van der Waals surface area contributed by atoms with Gasteiger partial charge in [-0.25, -0.2) is 0 Å². The first-order valence-electron chi connectivity index (χ1n) is 12.1. The van der Waals surface area contributed by atoms with Crippen LogP contribution in [0.3, 0.4) is 0 Å². The molecule has 0 aromatic rings. The summed E-state index contributed by atoms with van der Waals surface area (Å²) >= 11 is 0. The van der Waals surface area contributed by atoms with Crippen LogP contribution in [0, 0.1) is 0 Å². The zero-order chi connectivity index (χ0) is 25.2. The van der Waals surface area contributed by atoms with Gasteiger partial charge in [-0.15, -0.1) is 0 Å². The lowest BCUT2D eigenvalue weighted by molar-refractivity contribution is -0.305. The average Bonchev–Trinajstić information content (AvgIpc) is 2.84. The lowest BCUT2D eigenvalue weighted by Gasteiger charge is -2.39. The molecule has 34 heavy (non-hydrogen) atoms. The largest absolute Gasteiger partial charge is 0.457 e. The van der Waals surface area contributed by atoms with Gasteiger partial charge in [-0.2, -0.15) is 0 Å². The van der Waals surface area contributed by atoms with Crippen molar-refractivity contribution in [1.82, 2.24) is 0 Å². The zero-order valence-corrected chi connectivity index (χ0v) is 20.1. The number of unbranched alkanes of at least 4 members (excludes halogenated alkanes) is 3. The smallest absolute Gasteiger partial charge is 0.306 e. The molecule has 0 amide bonds. The second-order valence-corrected chi connectivity index (χ2v) is 8.22. The van der Waals surface area contributed by atoms with Gasteiger partial charge in [-0.3, -0.25) is 4.79 Å². The number of carbonyl (C=O) groups is 1. The Kier molecular flexibility index (Phi) is 16.7. The Morgan fingerprint density at radius 2 is 1.59 bits per heavy atom. The van der Waals surface area contributed by atoms with Crippen LogP contribution in [0.25, 0.3) is 0 Å². The van der Waals surface area contributed by atoms with Crippen molar-refractivity contribution in [1.29, 1.82) is 0 Å². The van der Waals surface area contributed by atoms with E-state index in [1.54, 1.807) is 0 Å². The minimum absolute atomic E-state index is 0.217. The molecule has 0 unspecified atom stereocenters. The third-order valence-electron chi connectivity index (χ3n) is 5.33. The number of esters is 1. The van der Waals surface area contributed by atoms with Crippen LogP contribution in [0.4, 0.5) is 0 Å². The number of hydrogen-bond donors (Lipinski definition) is 5. The Morgan fingerprint density at radius 1 is 0.912 bits per heavy atom. The molecule has 0 aromatic heterocycles. The lowest BCUT2D eigenvalue weighted by atomic mass is 9.99. The summed E-state index contributed by atoms with van der Waals surface area (Å²) in [4.78, 5) is 12.0. The van der Waals surface area contributed by atoms with Crippen molar-refractivity contribution in [3.8, 4) is 0 Å². The van der Waals surface area contributed by atoms with E-state index in [9.17, 15) is 30.3 Å². The number of aliphatic hydroxyl groups excluding tert-OH is 5. The number of rotatable bonds is 17. The van der Waals surface area contributed by atoms with Gasteiger partial charge in [0.25, 0.3) is 0 Å². The average molecular weight is 487 g/mol. The monoisotopic (exact) mass is 486 g/mol. The van der Waals surface area contributed by atoms with Gasteiger partial charge in [0.15, 0.2) is 6.29 Å². The molecule has 0 aromatic carbocycles. The summed E-state index contributed by atoms with van der Waals surface area (Å²) in [6, 6.07) is 0. The van der Waals surface area contributed by atoms with Crippen LogP contribution in [0.5, 0.6) is 0 Å². The highest BCUT2D eigenvalue weighted by Crippen LogP contribution is 2.22. The van der Waals surface area contributed by atoms with E-state index in [-0.39, 0.29) is 13.0 Å². The molecule has 1 aliphatic rings. The zero-order valence-electron chi connectivity index (χ0n) is 20.1. The summed E-state index contributed by atoms with van der Waals surface area (Å²) in [7, 11) is 0. The molecule has 1 aliphatic heterocycles. The summed E-state index contributed by atoms with van der Waals surface area (Å²) in [6.07, 6.45) is 11.5. The van der Waals surface area contributed by atoms with Crippen molar-refractivity contribution in [2.24, 2.45) is 0 Å². The van der Waals surface area contributed by atoms with E-state index in [1.165, 1.54) is 0 Å². The fourth-order valence-electron chi connectivity index (χ4n) is 3.31. The summed E-state index contributed by atoms with van der Waals surface area (Å²) in [5.41, 5.74) is 0. The van der Waals surface area contributed by atoms with Gasteiger partial charge >= 0.3 is 5.97 Å². The summed E-state index contributed by atoms with van der Waals surface area (Å²) in [5, 5.41) is 48.1. The molecule has 0 saturated carbocycles. The van der Waals surface area contributed by atoms with Crippen molar-refractivity contribution in [3.63, 3.8) is 0 Å². The molecule has 0 radical (unpaired) electrons. The third-order valence-corrected chi connectivity index (χ3v) is 5.33. The SMILES string of the molecule is CC/C=C\C/C=C\C/C=C\CCCCCC(=O)O[C@H](CO)CO[C@@H]1O[C@H](CO)[C@H](O)[C@H](O)[C@H]1O. The van der Waals surface area contributed by atoms with Crippen molar-refractivity contribution in [2.75, 3.05) is 19.8 Å². The van der Waals surface area contributed by atoms with Crippen molar-refractivity contribution in [2.45, 2.75) is 95.1 Å². The minimum atomic E-state index is -1.56. The number of aliphatic hydroxyl groups is 5. The van der Waals surface area contributed by atoms with Crippen LogP contribution in [0.1, 0.15) is 58.3 Å². The van der Waals surface area contributed by atoms with Crippen LogP contribution in [0.15, 0.2) is 36.5 Å². The summed E-state index contributed by atoms with van der Waals surface area (Å²) in [6.45, 7) is 0.771. The molecule has 1 rings (SSSR count). The Bertz CT molecular complexity index is 618. The number of allylic oxidation sites excluding steroid dienone is 6. The van der Waals surface area contributed by atoms with E-state index in [4.69, 9.17) is 14.2 Å². The third kappa shape index (κ3) is 12.2. The molecular weight excluding hydrogens is 444 g/mol. The van der Waals surface area contributed by atoms with Crippen LogP contribution in [-0.4, -0.2) is 88.1 Å². The van der Waals surface area contributed by atoms with Crippen molar-refractivity contribution < 1.29 is 44.5 Å². The molecule has 6 atom stereocenters. The first kappa shape index (κ1) is 30.4. The van der Waals surface area contributed by atoms with Gasteiger partial charge in [-0.05, 0) is 38.5 Å². The molecule has 0 aliphatic carbocycles. The summed E-state index contributed by atoms with van der Waals surface area (Å²) in [5.74, 6) is -0.464. The Hall–Kier alpha value is -1.59. The summed E-state index contributed by atoms with van der Waals surface area (Å²) < 4.78 is 15.7. The van der Waals surface area contributed by atoms with Crippen molar-refractivity contribution in [3.05, 3.63) is 36.5 Å². The van der Waals surface area contributed by atoms with Crippen LogP contribution in [-0.2, 0) is 19.0 Å². The van der Waals surface area contributed by atoms with E-state index < -0.39 is 56.0 Å². The molecular formula is C25H42O9. The van der Waals surface area contributed by atoms with E-state index in [2.05, 4.69) is 43.4 Å². The van der Waals surface area contributed by atoms with Gasteiger partial charge in [0.2, 0.25) is 0 Å². The molecule has 9 heteroatoms. The van der Waals surface area contributed by atoms with E-state index in [1.807, 2.05) is 0 Å². The maximum absolute atomic E-state index is 12.0. The molecule has 5 N–H and O–H groups in total. The van der Waals surface area contributed by atoms with E-state index in [0.29, 0.717) is 6.42 Å². The van der Waals surface area contributed by atoms with Crippen LogP contribution < -0.4 is 0 Å². The Balaban J connectivity index is 2.18. The van der Waals surface area contributed by atoms with Gasteiger partial charge < -0.3 is 39.7 Å². The molecule has 1 saturated heterocycles. The first-order chi connectivity index (χ1) is 16.4. The maximum Gasteiger partial charge on any atom is 0.306 e. The molecule has 9 nitrogen and oxygen atoms in total. The quantitative estimate of drug-likeness (QED) is 0.117. The number of ether oxygens (including phenoxy) is 3. The topological polar surface area (TPSA) is 146 Å². The maximum atomic E-state index is 12.0. The minimum Gasteiger partial charge on any atom is -0.457 e. The second-order valence-electron chi connectivity index (χ2n) is 8.22. The Labute approximate surface area is 202 Å². The first-order valence-corrected chi connectivity index (χ1v) is 12.1. The second kappa shape index (κ2) is 18.7. The fourth-order valence-corrected chi connectivity index (χ4v) is 3.31. The highest BCUT2D eigenvalue weighted by Gasteiger charge is 2.44. The van der Waals surface area contributed by atoms with Crippen LogP contribution in [0.2, 0.25) is 0 Å². The highest BCUT2D eigenvalue weighted by atomic mass is 16.7. The molecule has 196 valence electrons. The normalized spacial score (nSPS) is 26.6. The van der Waals surface area contributed by atoms with E-state index in [0.717, 1.165) is 38.5 Å². The standard InChI is InChI=1S/C25H42O9/c1-2-3-4-5-6-7-8-9-10-11-12-13-14-15-21(28)33-19(16-26)18-32-25-24(31)23(30)22(29)20(17-27)34-25/h3-4,6-7,9-10,19-20,22-27,29-31H,2,5,8,11-18H2,1H3/b4-3-,7-6-,10-9-/t19-,20-,22+,23+,24-,25-/m1/s1. The number of hydrogen-bond acceptors (Lipinski definition) is 9. The molecule has 1 fully saturated rings. The number of carbonyl (C=O) groups excluding carboxylic acids is 1.